The summed E-state index contributed by atoms with van der Waals surface area (Å²) in [5.74, 6) is -0.650. The number of carbonyl (C=O) groups excluding carboxylic acids is 2. The lowest BCUT2D eigenvalue weighted by molar-refractivity contribution is -0.140. The first-order valence-electron chi connectivity index (χ1n) is 13.5. The number of hydrogen-bond donors (Lipinski definition) is 1. The van der Waals surface area contributed by atoms with Crippen molar-refractivity contribution in [2.24, 2.45) is 0 Å². The van der Waals surface area contributed by atoms with Crippen molar-refractivity contribution in [3.63, 3.8) is 0 Å². The molecule has 3 aromatic rings. The van der Waals surface area contributed by atoms with Crippen LogP contribution in [-0.4, -0.2) is 50.0 Å². The minimum Gasteiger partial charge on any atom is -0.352 e. The molecule has 2 amide bonds. The molecule has 40 heavy (non-hydrogen) atoms. The number of nitrogens with one attached hydrogen (secondary N) is 1. The maximum atomic E-state index is 14.1. The monoisotopic (exact) mass is 673 g/mol. The van der Waals surface area contributed by atoms with E-state index in [0.717, 1.165) is 56.5 Å². The van der Waals surface area contributed by atoms with Gasteiger partial charge in [-0.25, -0.2) is 8.42 Å². The zero-order valence-corrected chi connectivity index (χ0v) is 25.9. The molecule has 7 nitrogen and oxygen atoms in total. The highest BCUT2D eigenvalue weighted by Gasteiger charge is 2.34. The predicted molar refractivity (Wildman–Crippen MR) is 167 cm³/mol. The molecular weight excluding hydrogens is 637 g/mol. The molecule has 0 heterocycles. The second-order valence-electron chi connectivity index (χ2n) is 10.4. The lowest BCUT2D eigenvalue weighted by Crippen LogP contribution is -2.54. The first-order valence-corrected chi connectivity index (χ1v) is 16.5. The van der Waals surface area contributed by atoms with Gasteiger partial charge in [-0.3, -0.25) is 13.9 Å². The van der Waals surface area contributed by atoms with E-state index in [9.17, 15) is 18.0 Å². The van der Waals surface area contributed by atoms with Crippen LogP contribution in [0.5, 0.6) is 0 Å². The van der Waals surface area contributed by atoms with E-state index in [0.29, 0.717) is 12.1 Å². The van der Waals surface area contributed by atoms with E-state index in [4.69, 9.17) is 0 Å². The molecule has 0 aromatic heterocycles. The van der Waals surface area contributed by atoms with Gasteiger partial charge in [0, 0.05) is 22.6 Å². The van der Waals surface area contributed by atoms with Crippen molar-refractivity contribution in [2.45, 2.75) is 57.7 Å². The fourth-order valence-corrected chi connectivity index (χ4v) is 6.24. The zero-order valence-electron chi connectivity index (χ0n) is 22.9. The van der Waals surface area contributed by atoms with Crippen LogP contribution in [0.1, 0.15) is 42.4 Å². The number of rotatable bonds is 11. The quantitative estimate of drug-likeness (QED) is 0.289. The second-order valence-corrected chi connectivity index (χ2v) is 13.6. The Kier molecular flexibility index (Phi) is 10.2. The lowest BCUT2D eigenvalue weighted by atomic mass is 10.0. The molecule has 0 bridgehead atoms. The van der Waals surface area contributed by atoms with Crippen LogP contribution < -0.4 is 9.62 Å². The number of carbonyl (C=O) groups is 2. The Morgan fingerprint density at radius 2 is 1.55 bits per heavy atom. The molecule has 0 aliphatic heterocycles. The number of aryl methyl sites for hydroxylation is 1. The van der Waals surface area contributed by atoms with Gasteiger partial charge in [-0.05, 0) is 77.7 Å². The van der Waals surface area contributed by atoms with Crippen molar-refractivity contribution in [3.05, 3.63) is 99.1 Å². The molecule has 212 valence electrons. The molecule has 0 unspecified atom stereocenters. The molecule has 1 atom stereocenters. The predicted octanol–water partition coefficient (Wildman–Crippen LogP) is 5.06. The van der Waals surface area contributed by atoms with Crippen molar-refractivity contribution in [1.29, 1.82) is 0 Å². The standard InChI is InChI=1S/C31H36IN3O4S/c1-23-12-14-25(15-13-23)21-34(30(36)22-35(40(2,38)39)28-18-16-26(32)17-19-28)29(20-24-8-4-3-5-9-24)31(37)33-27-10-6-7-11-27/h3-5,8-9,12-19,27,29H,6-7,10-11,20-22H2,1-2H3,(H,33,37)/t29-/m1/s1. The molecule has 1 aliphatic carbocycles. The molecule has 1 fully saturated rings. The van der Waals surface area contributed by atoms with E-state index < -0.39 is 28.5 Å². The van der Waals surface area contributed by atoms with Crippen LogP contribution in [0.25, 0.3) is 0 Å². The van der Waals surface area contributed by atoms with E-state index in [1.165, 1.54) is 0 Å². The summed E-state index contributed by atoms with van der Waals surface area (Å²) in [6, 6.07) is 23.7. The molecule has 4 rings (SSSR count). The van der Waals surface area contributed by atoms with Gasteiger partial charge in [-0.2, -0.15) is 0 Å². The molecule has 0 radical (unpaired) electrons. The normalized spacial score (nSPS) is 14.5. The average Bonchev–Trinajstić information content (AvgIpc) is 3.44. The summed E-state index contributed by atoms with van der Waals surface area (Å²) in [5, 5.41) is 3.19. The van der Waals surface area contributed by atoms with E-state index in [2.05, 4.69) is 27.9 Å². The Morgan fingerprint density at radius 3 is 2.15 bits per heavy atom. The third kappa shape index (κ3) is 8.30. The molecule has 1 aliphatic rings. The number of sulfonamides is 1. The molecular formula is C31H36IN3O4S. The van der Waals surface area contributed by atoms with Crippen LogP contribution in [-0.2, 0) is 32.6 Å². The Balaban J connectivity index is 1.71. The highest BCUT2D eigenvalue weighted by Crippen LogP contribution is 2.23. The SMILES string of the molecule is Cc1ccc(CN(C(=O)CN(c2ccc(I)cc2)S(C)(=O)=O)[C@H](Cc2ccccc2)C(=O)NC2CCCC2)cc1. The largest absolute Gasteiger partial charge is 0.352 e. The maximum absolute atomic E-state index is 14.1. The summed E-state index contributed by atoms with van der Waals surface area (Å²) in [6.45, 7) is 1.76. The van der Waals surface area contributed by atoms with Gasteiger partial charge in [0.25, 0.3) is 0 Å². The zero-order chi connectivity index (χ0) is 28.7. The van der Waals surface area contributed by atoms with E-state index >= 15 is 0 Å². The summed E-state index contributed by atoms with van der Waals surface area (Å²) >= 11 is 2.15. The first kappa shape index (κ1) is 30.0. The molecule has 1 N–H and O–H groups in total. The number of halogens is 1. The Hall–Kier alpha value is -2.92. The van der Waals surface area contributed by atoms with Crippen LogP contribution in [0.2, 0.25) is 0 Å². The van der Waals surface area contributed by atoms with E-state index in [1.807, 2.05) is 61.5 Å². The number of nitrogens with zero attached hydrogens (tertiary/aromatic N) is 2. The van der Waals surface area contributed by atoms with Crippen molar-refractivity contribution >= 4 is 50.1 Å². The van der Waals surface area contributed by atoms with E-state index in [-0.39, 0.29) is 18.5 Å². The number of benzene rings is 3. The lowest BCUT2D eigenvalue weighted by Gasteiger charge is -2.34. The number of anilines is 1. The van der Waals surface area contributed by atoms with Crippen LogP contribution in [0.15, 0.2) is 78.9 Å². The van der Waals surface area contributed by atoms with Crippen LogP contribution in [0.4, 0.5) is 5.69 Å². The average molecular weight is 674 g/mol. The maximum Gasteiger partial charge on any atom is 0.244 e. The van der Waals surface area contributed by atoms with Gasteiger partial charge in [0.15, 0.2) is 0 Å². The van der Waals surface area contributed by atoms with Crippen molar-refractivity contribution in [1.82, 2.24) is 10.2 Å². The number of hydrogen-bond acceptors (Lipinski definition) is 4. The summed E-state index contributed by atoms with van der Waals surface area (Å²) in [5.41, 5.74) is 3.28. The highest BCUT2D eigenvalue weighted by molar-refractivity contribution is 14.1. The van der Waals surface area contributed by atoms with Crippen LogP contribution in [0, 0.1) is 10.5 Å². The van der Waals surface area contributed by atoms with Gasteiger partial charge in [-0.1, -0.05) is 73.0 Å². The highest BCUT2D eigenvalue weighted by atomic mass is 127. The smallest absolute Gasteiger partial charge is 0.244 e. The van der Waals surface area contributed by atoms with Crippen LogP contribution >= 0.6 is 22.6 Å². The summed E-state index contributed by atoms with van der Waals surface area (Å²) < 4.78 is 27.8. The van der Waals surface area contributed by atoms with Gasteiger partial charge in [0.2, 0.25) is 21.8 Å². The second kappa shape index (κ2) is 13.6. The van der Waals surface area contributed by atoms with Crippen molar-refractivity contribution in [2.75, 3.05) is 17.1 Å². The molecule has 1 saturated carbocycles. The molecule has 3 aromatic carbocycles. The van der Waals surface area contributed by atoms with E-state index in [1.54, 1.807) is 29.2 Å². The third-order valence-electron chi connectivity index (χ3n) is 7.24. The summed E-state index contributed by atoms with van der Waals surface area (Å²) in [4.78, 5) is 29.5. The first-order chi connectivity index (χ1) is 19.1. The minimum atomic E-state index is -3.78. The van der Waals surface area contributed by atoms with Gasteiger partial charge in [0.05, 0.1) is 11.9 Å². The van der Waals surface area contributed by atoms with Crippen LogP contribution in [0.3, 0.4) is 0 Å². The Morgan fingerprint density at radius 1 is 0.925 bits per heavy atom. The van der Waals surface area contributed by atoms with Gasteiger partial charge in [-0.15, -0.1) is 0 Å². The van der Waals surface area contributed by atoms with Crippen molar-refractivity contribution in [3.8, 4) is 0 Å². The number of amides is 2. The molecule has 0 spiro atoms. The van der Waals surface area contributed by atoms with Gasteiger partial charge < -0.3 is 10.2 Å². The Labute approximate surface area is 251 Å². The van der Waals surface area contributed by atoms with Gasteiger partial charge in [0.1, 0.15) is 12.6 Å². The summed E-state index contributed by atoms with van der Waals surface area (Å²) in [6.07, 6.45) is 5.39. The van der Waals surface area contributed by atoms with Gasteiger partial charge >= 0.3 is 0 Å². The minimum absolute atomic E-state index is 0.0846. The third-order valence-corrected chi connectivity index (χ3v) is 9.10. The molecule has 9 heteroatoms. The fourth-order valence-electron chi connectivity index (χ4n) is 5.03. The topological polar surface area (TPSA) is 86.8 Å². The van der Waals surface area contributed by atoms with Crippen molar-refractivity contribution < 1.29 is 18.0 Å². The Bertz CT molecular complexity index is 1390. The fraction of sp³-hybridized carbons (Fsp3) is 0.355. The molecule has 0 saturated heterocycles. The summed E-state index contributed by atoms with van der Waals surface area (Å²) in [7, 11) is -3.78.